The molecule has 1 saturated carbocycles. The summed E-state index contributed by atoms with van der Waals surface area (Å²) in [6.45, 7) is 7.00. The van der Waals surface area contributed by atoms with Crippen LogP contribution >= 0.6 is 0 Å². The van der Waals surface area contributed by atoms with Crippen molar-refractivity contribution >= 4 is 21.7 Å². The molecule has 1 aliphatic carbocycles. The van der Waals surface area contributed by atoms with Crippen LogP contribution in [0.5, 0.6) is 5.75 Å². The summed E-state index contributed by atoms with van der Waals surface area (Å²) in [6.07, 6.45) is 0.122. The van der Waals surface area contributed by atoms with Crippen molar-refractivity contribution in [3.05, 3.63) is 22.8 Å². The fourth-order valence-electron chi connectivity index (χ4n) is 4.94. The van der Waals surface area contributed by atoms with E-state index in [1.54, 1.807) is 0 Å². The number of rotatable bonds is 5. The normalized spacial score (nSPS) is 24.6. The van der Waals surface area contributed by atoms with Crippen molar-refractivity contribution in [1.82, 2.24) is 0 Å². The molecule has 0 spiro atoms. The number of fused-ring (bicyclic) bond motifs is 1. The minimum absolute atomic E-state index is 0.0679. The summed E-state index contributed by atoms with van der Waals surface area (Å²) < 4.78 is 68.7. The van der Waals surface area contributed by atoms with Crippen molar-refractivity contribution in [3.63, 3.8) is 0 Å². The highest BCUT2D eigenvalue weighted by Gasteiger charge is 2.52. The number of phenolic OH excluding ortho intramolecular Hbond substituents is 1. The summed E-state index contributed by atoms with van der Waals surface area (Å²) >= 11 is 0. The molecule has 1 aliphatic heterocycles. The second-order valence-electron chi connectivity index (χ2n) is 9.43. The van der Waals surface area contributed by atoms with Gasteiger partial charge < -0.3 is 14.9 Å². The number of phenols is 1. The van der Waals surface area contributed by atoms with E-state index in [0.29, 0.717) is 12.3 Å². The number of nitrogens with zero attached hydrogens (tertiary/aromatic N) is 1. The number of aryl methyl sites for hydroxylation is 1. The number of carbonyl (C=O) groups is 1. The van der Waals surface area contributed by atoms with Gasteiger partial charge in [0.05, 0.1) is 5.69 Å². The molecule has 3 rings (SSSR count). The lowest BCUT2D eigenvalue weighted by Crippen LogP contribution is -2.39. The number of aliphatic hydroxyl groups excluding tert-OH is 1. The molecule has 1 aromatic carbocycles. The lowest BCUT2D eigenvalue weighted by molar-refractivity contribution is -0.166. The van der Waals surface area contributed by atoms with Crippen LogP contribution in [0.15, 0.2) is 6.07 Å². The molecule has 33 heavy (non-hydrogen) atoms. The average molecular weight is 494 g/mol. The zero-order valence-corrected chi connectivity index (χ0v) is 19.8. The lowest BCUT2D eigenvalue weighted by Gasteiger charge is -2.37. The molecule has 0 amide bonds. The minimum Gasteiger partial charge on any atom is -0.507 e. The van der Waals surface area contributed by atoms with E-state index < -0.39 is 39.9 Å². The van der Waals surface area contributed by atoms with E-state index in [1.807, 2.05) is 13.8 Å². The van der Waals surface area contributed by atoms with Gasteiger partial charge in [-0.1, -0.05) is 27.2 Å². The summed E-state index contributed by atoms with van der Waals surface area (Å²) in [7, 11) is -5.64. The molecule has 1 fully saturated rings. The quantitative estimate of drug-likeness (QED) is 0.602. The Kier molecular flexibility index (Phi) is 6.97. The number of esters is 1. The molecule has 1 heterocycles. The van der Waals surface area contributed by atoms with Gasteiger partial charge in [0, 0.05) is 17.7 Å². The molecule has 7 nitrogen and oxygen atoms in total. The Labute approximate surface area is 191 Å². The number of anilines is 1. The molecule has 0 saturated heterocycles. The van der Waals surface area contributed by atoms with Gasteiger partial charge in [0.1, 0.15) is 11.9 Å². The molecule has 11 heteroatoms. The highest BCUT2D eigenvalue weighted by atomic mass is 32.2. The van der Waals surface area contributed by atoms with E-state index in [4.69, 9.17) is 4.74 Å². The Bertz CT molecular complexity index is 1020. The third-order valence-corrected chi connectivity index (χ3v) is 8.31. The second kappa shape index (κ2) is 8.98. The van der Waals surface area contributed by atoms with Crippen molar-refractivity contribution in [2.24, 2.45) is 17.8 Å². The van der Waals surface area contributed by atoms with Crippen molar-refractivity contribution in [2.75, 3.05) is 10.8 Å². The van der Waals surface area contributed by atoms with Crippen LogP contribution in [-0.4, -0.2) is 42.8 Å². The predicted octanol–water partition coefficient (Wildman–Crippen LogP) is 3.95. The van der Waals surface area contributed by atoms with Crippen LogP contribution in [0.25, 0.3) is 0 Å². The Hall–Kier alpha value is -2.01. The van der Waals surface area contributed by atoms with Gasteiger partial charge in [-0.25, -0.2) is 4.79 Å². The highest BCUT2D eigenvalue weighted by molar-refractivity contribution is 7.93. The largest absolute Gasteiger partial charge is 0.516 e. The molecule has 2 aliphatic rings. The fraction of sp³-hybridized carbons (Fsp3) is 0.682. The third kappa shape index (κ3) is 4.66. The molecule has 1 aromatic rings. The number of sulfonamides is 1. The topological polar surface area (TPSA) is 104 Å². The van der Waals surface area contributed by atoms with Crippen molar-refractivity contribution in [2.45, 2.75) is 71.1 Å². The van der Waals surface area contributed by atoms with Crippen molar-refractivity contribution in [1.29, 1.82) is 0 Å². The van der Waals surface area contributed by atoms with E-state index in [0.717, 1.165) is 18.9 Å². The van der Waals surface area contributed by atoms with Crippen LogP contribution in [0.2, 0.25) is 0 Å². The van der Waals surface area contributed by atoms with Crippen LogP contribution < -0.4 is 4.31 Å². The molecule has 0 radical (unpaired) electrons. The molecule has 0 aromatic heterocycles. The van der Waals surface area contributed by atoms with Crippen LogP contribution in [0, 0.1) is 24.7 Å². The van der Waals surface area contributed by atoms with Gasteiger partial charge in [0.15, 0.2) is 6.10 Å². The summed E-state index contributed by atoms with van der Waals surface area (Å²) in [5.74, 6) is -0.786. The zero-order valence-electron chi connectivity index (χ0n) is 19.0. The SMILES string of the molecule is Cc1cc2c(c(O)c1[C@H](O)C(=O)OC1CC(C)CCC1C(C)C)CCN2S(=O)(=O)C(F)(F)F. The van der Waals surface area contributed by atoms with E-state index in [-0.39, 0.29) is 51.0 Å². The van der Waals surface area contributed by atoms with E-state index >= 15 is 0 Å². The van der Waals surface area contributed by atoms with Crippen molar-refractivity contribution < 1.29 is 41.3 Å². The molecule has 0 bridgehead atoms. The van der Waals surface area contributed by atoms with Gasteiger partial charge in [-0.2, -0.15) is 21.6 Å². The first-order valence-electron chi connectivity index (χ1n) is 11.0. The smallest absolute Gasteiger partial charge is 0.507 e. The van der Waals surface area contributed by atoms with Crippen LogP contribution in [0.4, 0.5) is 18.9 Å². The summed E-state index contributed by atoms with van der Waals surface area (Å²) in [4.78, 5) is 12.8. The van der Waals surface area contributed by atoms with Gasteiger partial charge in [-0.05, 0) is 55.6 Å². The first-order valence-corrected chi connectivity index (χ1v) is 12.4. The molecule has 3 unspecified atom stereocenters. The molecular weight excluding hydrogens is 463 g/mol. The summed E-state index contributed by atoms with van der Waals surface area (Å²) in [5.41, 5.74) is -5.98. The molecular formula is C22H30F3NO6S. The van der Waals surface area contributed by atoms with Gasteiger partial charge in [0.2, 0.25) is 0 Å². The maximum Gasteiger partial charge on any atom is 0.516 e. The Morgan fingerprint density at radius 1 is 1.27 bits per heavy atom. The van der Waals surface area contributed by atoms with Gasteiger partial charge >= 0.3 is 21.5 Å². The fourth-order valence-corrected chi connectivity index (χ4v) is 5.95. The summed E-state index contributed by atoms with van der Waals surface area (Å²) in [5, 5.41) is 21.4. The number of benzene rings is 1. The van der Waals surface area contributed by atoms with Gasteiger partial charge in [0.25, 0.3) is 0 Å². The van der Waals surface area contributed by atoms with Crippen LogP contribution in [0.1, 0.15) is 62.8 Å². The van der Waals surface area contributed by atoms with Crippen molar-refractivity contribution in [3.8, 4) is 5.75 Å². The third-order valence-electron chi connectivity index (χ3n) is 6.77. The standard InChI is InChI=1S/C22H30F3NO6S/c1-11(2)14-6-5-12(3)9-17(14)32-21(29)20(28)18-13(4)10-16-15(19(18)27)7-8-26(16)33(30,31)22(23,24)25/h10-12,14,17,20,27-28H,5-9H2,1-4H3/t12?,14?,17?,20-/m0/s1. The maximum atomic E-state index is 13.0. The van der Waals surface area contributed by atoms with Crippen LogP contribution in [-0.2, 0) is 26.0 Å². The lowest BCUT2D eigenvalue weighted by atomic mass is 9.75. The number of carbonyl (C=O) groups excluding carboxylic acids is 1. The number of hydrogen-bond donors (Lipinski definition) is 2. The van der Waals surface area contributed by atoms with Crippen LogP contribution in [0.3, 0.4) is 0 Å². The maximum absolute atomic E-state index is 13.0. The first-order chi connectivity index (χ1) is 15.2. The summed E-state index contributed by atoms with van der Waals surface area (Å²) in [6, 6.07) is 1.14. The zero-order chi connectivity index (χ0) is 24.9. The minimum atomic E-state index is -5.64. The second-order valence-corrected chi connectivity index (χ2v) is 11.3. The number of aliphatic hydroxyl groups is 1. The number of alkyl halides is 3. The van der Waals surface area contributed by atoms with E-state index in [1.165, 1.54) is 6.92 Å². The Morgan fingerprint density at radius 3 is 2.48 bits per heavy atom. The van der Waals surface area contributed by atoms with Gasteiger partial charge in [-0.15, -0.1) is 0 Å². The number of halogens is 3. The molecule has 4 atom stereocenters. The molecule has 186 valence electrons. The average Bonchev–Trinajstić information content (AvgIpc) is 3.11. The molecule has 2 N–H and O–H groups in total. The number of aromatic hydroxyl groups is 1. The Balaban J connectivity index is 1.89. The van der Waals surface area contributed by atoms with E-state index in [2.05, 4.69) is 6.92 Å². The Morgan fingerprint density at radius 2 is 1.91 bits per heavy atom. The predicted molar refractivity (Wildman–Crippen MR) is 115 cm³/mol. The van der Waals surface area contributed by atoms with Gasteiger partial charge in [-0.3, -0.25) is 4.31 Å². The van der Waals surface area contributed by atoms with E-state index in [9.17, 15) is 36.6 Å². The first kappa shape index (κ1) is 25.6. The number of hydrogen-bond acceptors (Lipinski definition) is 6. The number of ether oxygens (including phenoxy) is 1. The highest BCUT2D eigenvalue weighted by Crippen LogP contribution is 2.45. The monoisotopic (exact) mass is 493 g/mol.